The van der Waals surface area contributed by atoms with E-state index in [4.69, 9.17) is 0 Å². The number of nitrogens with zero attached hydrogens (tertiary/aromatic N) is 5. The van der Waals surface area contributed by atoms with Crippen LogP contribution in [-0.4, -0.2) is 50.1 Å². The number of thiophene rings is 1. The summed E-state index contributed by atoms with van der Waals surface area (Å²) in [6.07, 6.45) is 5.66. The SMILES string of the molecule is CC(C)n1nccc1[C@@H]1CN(Cc2cccs2)C[C@]12CCCN(Cc1ccccn1)C2=O. The molecule has 32 heavy (non-hydrogen) atoms. The number of hydrogen-bond acceptors (Lipinski definition) is 5. The molecule has 168 valence electrons. The molecule has 0 unspecified atom stereocenters. The van der Waals surface area contributed by atoms with Gasteiger partial charge in [0, 0.05) is 61.1 Å². The first kappa shape index (κ1) is 21.3. The van der Waals surface area contributed by atoms with E-state index < -0.39 is 5.41 Å². The predicted molar refractivity (Wildman–Crippen MR) is 126 cm³/mol. The maximum absolute atomic E-state index is 14.1. The molecule has 0 saturated carbocycles. The van der Waals surface area contributed by atoms with Gasteiger partial charge in [0.1, 0.15) is 0 Å². The van der Waals surface area contributed by atoms with E-state index in [1.807, 2.05) is 35.5 Å². The Hall–Kier alpha value is -2.51. The molecule has 5 rings (SSSR count). The van der Waals surface area contributed by atoms with E-state index in [-0.39, 0.29) is 17.9 Å². The molecule has 0 aliphatic carbocycles. The zero-order valence-electron chi connectivity index (χ0n) is 18.9. The van der Waals surface area contributed by atoms with Crippen molar-refractivity contribution in [3.05, 3.63) is 70.4 Å². The van der Waals surface area contributed by atoms with Crippen molar-refractivity contribution in [2.75, 3.05) is 19.6 Å². The Kier molecular flexibility index (Phi) is 5.86. The Morgan fingerprint density at radius 1 is 1.16 bits per heavy atom. The van der Waals surface area contributed by atoms with Crippen LogP contribution < -0.4 is 0 Å². The van der Waals surface area contributed by atoms with E-state index in [2.05, 4.69) is 57.1 Å². The van der Waals surface area contributed by atoms with Gasteiger partial charge in [0.25, 0.3) is 0 Å². The van der Waals surface area contributed by atoms with Gasteiger partial charge in [-0.3, -0.25) is 19.4 Å². The first-order valence-electron chi connectivity index (χ1n) is 11.5. The van der Waals surface area contributed by atoms with Gasteiger partial charge >= 0.3 is 0 Å². The highest BCUT2D eigenvalue weighted by Crippen LogP contribution is 2.50. The maximum Gasteiger partial charge on any atom is 0.231 e. The van der Waals surface area contributed by atoms with Crippen molar-refractivity contribution < 1.29 is 4.79 Å². The third-order valence-electron chi connectivity index (χ3n) is 6.96. The van der Waals surface area contributed by atoms with Crippen molar-refractivity contribution in [3.63, 3.8) is 0 Å². The van der Waals surface area contributed by atoms with Crippen LogP contribution in [0.2, 0.25) is 0 Å². The molecular formula is C25H31N5OS. The smallest absolute Gasteiger partial charge is 0.231 e. The minimum Gasteiger partial charge on any atom is -0.336 e. The van der Waals surface area contributed by atoms with Gasteiger partial charge in [-0.05, 0) is 56.3 Å². The molecule has 3 aromatic rings. The highest BCUT2D eigenvalue weighted by molar-refractivity contribution is 7.09. The summed E-state index contributed by atoms with van der Waals surface area (Å²) in [6.45, 7) is 8.31. The van der Waals surface area contributed by atoms with Crippen LogP contribution in [0.3, 0.4) is 0 Å². The van der Waals surface area contributed by atoms with Crippen molar-refractivity contribution >= 4 is 17.2 Å². The van der Waals surface area contributed by atoms with Gasteiger partial charge in [0.15, 0.2) is 0 Å². The highest BCUT2D eigenvalue weighted by Gasteiger charge is 2.56. The van der Waals surface area contributed by atoms with Crippen molar-refractivity contribution in [1.29, 1.82) is 0 Å². The standard InChI is InChI=1S/C25H31N5OS/c1-19(2)30-23(9-12-27-30)22-17-28(16-21-8-5-14-32-21)18-25(22)10-6-13-29(24(25)31)15-20-7-3-4-11-26-20/h3-5,7-9,11-12,14,19,22H,6,10,13,15-18H2,1-2H3/t22-,25+/m0/s1. The lowest BCUT2D eigenvalue weighted by atomic mass is 9.70. The highest BCUT2D eigenvalue weighted by atomic mass is 32.1. The van der Waals surface area contributed by atoms with Crippen molar-refractivity contribution in [2.24, 2.45) is 5.41 Å². The van der Waals surface area contributed by atoms with Crippen LogP contribution in [0, 0.1) is 5.41 Å². The number of carbonyl (C=O) groups excluding carboxylic acids is 1. The van der Waals surface area contributed by atoms with E-state index in [1.54, 1.807) is 11.3 Å². The Balaban J connectivity index is 1.48. The minimum atomic E-state index is -0.406. The van der Waals surface area contributed by atoms with Crippen LogP contribution in [0.25, 0.3) is 0 Å². The fourth-order valence-electron chi connectivity index (χ4n) is 5.58. The summed E-state index contributed by atoms with van der Waals surface area (Å²) in [5.41, 5.74) is 1.74. The molecule has 0 N–H and O–H groups in total. The molecule has 5 heterocycles. The topological polar surface area (TPSA) is 54.3 Å². The first-order valence-corrected chi connectivity index (χ1v) is 12.4. The second-order valence-corrected chi connectivity index (χ2v) is 10.4. The fourth-order valence-corrected chi connectivity index (χ4v) is 6.32. The summed E-state index contributed by atoms with van der Waals surface area (Å²) in [7, 11) is 0. The van der Waals surface area contributed by atoms with Gasteiger partial charge in [0.2, 0.25) is 5.91 Å². The molecular weight excluding hydrogens is 418 g/mol. The first-order chi connectivity index (χ1) is 15.6. The molecule has 6 nitrogen and oxygen atoms in total. The number of aromatic nitrogens is 3. The third kappa shape index (κ3) is 3.88. The van der Waals surface area contributed by atoms with Gasteiger partial charge in [-0.2, -0.15) is 5.10 Å². The average Bonchev–Trinajstić information content (AvgIpc) is 3.53. The Labute approximate surface area is 193 Å². The number of pyridine rings is 1. The molecule has 0 radical (unpaired) electrons. The maximum atomic E-state index is 14.1. The van der Waals surface area contributed by atoms with Crippen LogP contribution in [0.5, 0.6) is 0 Å². The zero-order chi connectivity index (χ0) is 22.1. The molecule has 0 aromatic carbocycles. The predicted octanol–water partition coefficient (Wildman–Crippen LogP) is 4.33. The lowest BCUT2D eigenvalue weighted by molar-refractivity contribution is -0.147. The van der Waals surface area contributed by atoms with Crippen LogP contribution >= 0.6 is 11.3 Å². The lowest BCUT2D eigenvalue weighted by Gasteiger charge is -2.42. The Morgan fingerprint density at radius 3 is 2.81 bits per heavy atom. The quantitative estimate of drug-likeness (QED) is 0.562. The molecule has 2 saturated heterocycles. The minimum absolute atomic E-state index is 0.145. The molecule has 2 atom stereocenters. The van der Waals surface area contributed by atoms with E-state index in [1.165, 1.54) is 10.6 Å². The van der Waals surface area contributed by atoms with E-state index in [9.17, 15) is 4.79 Å². The van der Waals surface area contributed by atoms with Gasteiger partial charge in [-0.25, -0.2) is 0 Å². The summed E-state index contributed by atoms with van der Waals surface area (Å²) in [5.74, 6) is 0.427. The summed E-state index contributed by atoms with van der Waals surface area (Å²) < 4.78 is 2.12. The molecule has 1 amide bonds. The summed E-state index contributed by atoms with van der Waals surface area (Å²) in [4.78, 5) is 24.5. The van der Waals surface area contributed by atoms with Crippen LogP contribution in [0.15, 0.2) is 54.2 Å². The summed E-state index contributed by atoms with van der Waals surface area (Å²) >= 11 is 1.79. The summed E-state index contributed by atoms with van der Waals surface area (Å²) in [6, 6.07) is 12.6. The molecule has 2 aliphatic rings. The number of rotatable bonds is 6. The molecule has 7 heteroatoms. The number of likely N-dealkylation sites (tertiary alicyclic amines) is 2. The molecule has 3 aromatic heterocycles. The molecule has 2 aliphatic heterocycles. The Bertz CT molecular complexity index is 1050. The molecule has 0 bridgehead atoms. The van der Waals surface area contributed by atoms with Gasteiger partial charge in [-0.1, -0.05) is 12.1 Å². The van der Waals surface area contributed by atoms with Gasteiger partial charge in [0.05, 0.1) is 17.7 Å². The largest absolute Gasteiger partial charge is 0.336 e. The fraction of sp³-hybridized carbons (Fsp3) is 0.480. The monoisotopic (exact) mass is 449 g/mol. The Morgan fingerprint density at radius 2 is 2.06 bits per heavy atom. The van der Waals surface area contributed by atoms with Gasteiger partial charge < -0.3 is 4.90 Å². The van der Waals surface area contributed by atoms with Gasteiger partial charge in [-0.15, -0.1) is 11.3 Å². The van der Waals surface area contributed by atoms with E-state index in [0.717, 1.165) is 44.7 Å². The van der Waals surface area contributed by atoms with Crippen molar-refractivity contribution in [1.82, 2.24) is 24.6 Å². The second kappa shape index (κ2) is 8.79. The average molecular weight is 450 g/mol. The van der Waals surface area contributed by atoms with E-state index in [0.29, 0.717) is 6.54 Å². The lowest BCUT2D eigenvalue weighted by Crippen LogP contribution is -2.52. The van der Waals surface area contributed by atoms with E-state index >= 15 is 0 Å². The van der Waals surface area contributed by atoms with Crippen LogP contribution in [-0.2, 0) is 17.9 Å². The second-order valence-electron chi connectivity index (χ2n) is 9.40. The zero-order valence-corrected chi connectivity index (χ0v) is 19.7. The molecule has 1 spiro atoms. The molecule has 2 fully saturated rings. The number of amides is 1. The van der Waals surface area contributed by atoms with Crippen LogP contribution in [0.4, 0.5) is 0 Å². The van der Waals surface area contributed by atoms with Crippen LogP contribution in [0.1, 0.15) is 54.9 Å². The van der Waals surface area contributed by atoms with Crippen molar-refractivity contribution in [3.8, 4) is 0 Å². The van der Waals surface area contributed by atoms with Crippen molar-refractivity contribution in [2.45, 2.75) is 51.7 Å². The third-order valence-corrected chi connectivity index (χ3v) is 7.82. The normalized spacial score (nSPS) is 24.2. The number of hydrogen-bond donors (Lipinski definition) is 0. The summed E-state index contributed by atoms with van der Waals surface area (Å²) in [5, 5.41) is 6.75. The number of carbonyl (C=O) groups is 1. The number of piperidine rings is 1.